The van der Waals surface area contributed by atoms with Crippen molar-refractivity contribution in [1.82, 2.24) is 19.0 Å². The van der Waals surface area contributed by atoms with Gasteiger partial charge in [-0.25, -0.2) is 12.7 Å². The molecular weight excluding hydrogens is 416 g/mol. The summed E-state index contributed by atoms with van der Waals surface area (Å²) in [6.45, 7) is 8.01. The minimum atomic E-state index is -3.64. The van der Waals surface area contributed by atoms with Gasteiger partial charge < -0.3 is 9.80 Å². The molecule has 31 heavy (non-hydrogen) atoms. The lowest BCUT2D eigenvalue weighted by atomic mass is 10.0. The Morgan fingerprint density at radius 2 is 1.52 bits per heavy atom. The summed E-state index contributed by atoms with van der Waals surface area (Å²) >= 11 is 0. The molecule has 0 bridgehead atoms. The van der Waals surface area contributed by atoms with E-state index in [9.17, 15) is 18.0 Å². The fourth-order valence-electron chi connectivity index (χ4n) is 4.14. The molecule has 2 aliphatic rings. The van der Waals surface area contributed by atoms with E-state index in [0.29, 0.717) is 43.9 Å². The molecule has 0 atom stereocenters. The highest BCUT2D eigenvalue weighted by Crippen LogP contribution is 2.24. The number of carbonyl (C=O) groups excluding carboxylic acids is 2. The van der Waals surface area contributed by atoms with E-state index in [1.807, 2.05) is 11.8 Å². The molecule has 1 aromatic carbocycles. The summed E-state index contributed by atoms with van der Waals surface area (Å²) < 4.78 is 26.5. The van der Waals surface area contributed by atoms with Gasteiger partial charge in [0.25, 0.3) is 5.91 Å². The highest BCUT2D eigenvalue weighted by atomic mass is 32.2. The van der Waals surface area contributed by atoms with Crippen molar-refractivity contribution in [3.63, 3.8) is 0 Å². The maximum absolute atomic E-state index is 13.1. The van der Waals surface area contributed by atoms with Crippen LogP contribution in [0.2, 0.25) is 0 Å². The second-order valence-electron chi connectivity index (χ2n) is 8.71. The van der Waals surface area contributed by atoms with Gasteiger partial charge in [0.1, 0.15) is 0 Å². The van der Waals surface area contributed by atoms with Gasteiger partial charge in [0, 0.05) is 58.9 Å². The van der Waals surface area contributed by atoms with Gasteiger partial charge in [0.2, 0.25) is 15.9 Å². The van der Waals surface area contributed by atoms with Gasteiger partial charge in [-0.3, -0.25) is 14.5 Å². The maximum atomic E-state index is 13.1. The number of benzene rings is 1. The van der Waals surface area contributed by atoms with Crippen LogP contribution in [0, 0.1) is 13.8 Å². The van der Waals surface area contributed by atoms with Crippen molar-refractivity contribution in [2.24, 2.45) is 0 Å². The van der Waals surface area contributed by atoms with Crippen LogP contribution < -0.4 is 0 Å². The van der Waals surface area contributed by atoms with Crippen molar-refractivity contribution in [2.75, 3.05) is 59.9 Å². The number of amides is 2. The van der Waals surface area contributed by atoms with E-state index in [1.165, 1.54) is 30.9 Å². The Balaban J connectivity index is 1.65. The largest absolute Gasteiger partial charge is 0.342 e. The maximum Gasteiger partial charge on any atom is 0.253 e. The predicted molar refractivity (Wildman–Crippen MR) is 120 cm³/mol. The topological polar surface area (TPSA) is 81.2 Å². The smallest absolute Gasteiger partial charge is 0.253 e. The fraction of sp³-hybridized carbons (Fsp3) is 0.636. The first-order valence-corrected chi connectivity index (χ1v) is 12.4. The molecule has 3 rings (SSSR count). The average Bonchev–Trinajstić information content (AvgIpc) is 2.76. The van der Waals surface area contributed by atoms with E-state index >= 15 is 0 Å². The van der Waals surface area contributed by atoms with Gasteiger partial charge in [-0.2, -0.15) is 0 Å². The Bertz CT molecular complexity index is 931. The molecule has 0 N–H and O–H groups in total. The number of hydrogen-bond acceptors (Lipinski definition) is 5. The Labute approximate surface area is 185 Å². The van der Waals surface area contributed by atoms with Crippen molar-refractivity contribution in [1.29, 1.82) is 0 Å². The number of likely N-dealkylation sites (tertiary alicyclic amines) is 1. The number of piperazine rings is 1. The summed E-state index contributed by atoms with van der Waals surface area (Å²) in [6, 6.07) is 3.25. The standard InChI is InChI=1S/C22H34N4O4S/c1-17-14-19(15-20(18(17)2)31(29,30)23(3)4)22(28)26-12-10-24(11-13-26)16-21(27)25-8-6-5-7-9-25/h14-15H,5-13,16H2,1-4H3. The zero-order chi connectivity index (χ0) is 22.8. The van der Waals surface area contributed by atoms with E-state index in [2.05, 4.69) is 4.90 Å². The molecule has 2 amide bonds. The summed E-state index contributed by atoms with van der Waals surface area (Å²) in [7, 11) is -0.659. The van der Waals surface area contributed by atoms with Crippen LogP contribution in [0.4, 0.5) is 0 Å². The number of piperidine rings is 1. The summed E-state index contributed by atoms with van der Waals surface area (Å²) in [4.78, 5) is 31.6. The fourth-order valence-corrected chi connectivity index (χ4v) is 5.36. The SMILES string of the molecule is Cc1cc(C(=O)N2CCN(CC(=O)N3CCCCC3)CC2)cc(S(=O)(=O)N(C)C)c1C. The van der Waals surface area contributed by atoms with E-state index in [4.69, 9.17) is 0 Å². The average molecular weight is 451 g/mol. The monoisotopic (exact) mass is 450 g/mol. The summed E-state index contributed by atoms with van der Waals surface area (Å²) in [5, 5.41) is 0. The Kier molecular flexibility index (Phi) is 7.39. The van der Waals surface area contributed by atoms with E-state index in [1.54, 1.807) is 17.9 Å². The van der Waals surface area contributed by atoms with Crippen LogP contribution in [0.15, 0.2) is 17.0 Å². The Morgan fingerprint density at radius 1 is 0.903 bits per heavy atom. The van der Waals surface area contributed by atoms with E-state index < -0.39 is 10.0 Å². The lowest BCUT2D eigenvalue weighted by Crippen LogP contribution is -2.52. The quantitative estimate of drug-likeness (QED) is 0.676. The van der Waals surface area contributed by atoms with Gasteiger partial charge in [0.05, 0.1) is 11.4 Å². The predicted octanol–water partition coefficient (Wildman–Crippen LogP) is 1.32. The minimum absolute atomic E-state index is 0.166. The van der Waals surface area contributed by atoms with Crippen LogP contribution in [0.1, 0.15) is 40.7 Å². The van der Waals surface area contributed by atoms with Gasteiger partial charge in [-0.1, -0.05) is 0 Å². The lowest BCUT2D eigenvalue weighted by Gasteiger charge is -2.36. The molecular formula is C22H34N4O4S. The molecule has 8 nitrogen and oxygen atoms in total. The van der Waals surface area contributed by atoms with Crippen LogP contribution in [-0.2, 0) is 14.8 Å². The number of aryl methyl sites for hydroxylation is 1. The third-order valence-corrected chi connectivity index (χ3v) is 8.29. The molecule has 2 saturated heterocycles. The van der Waals surface area contributed by atoms with Crippen molar-refractivity contribution in [2.45, 2.75) is 38.0 Å². The first-order chi connectivity index (χ1) is 14.6. The van der Waals surface area contributed by atoms with Crippen molar-refractivity contribution >= 4 is 21.8 Å². The zero-order valence-corrected chi connectivity index (χ0v) is 19.9. The summed E-state index contributed by atoms with van der Waals surface area (Å²) in [5.41, 5.74) is 1.82. The molecule has 2 aliphatic heterocycles. The molecule has 172 valence electrons. The third-order valence-electron chi connectivity index (χ3n) is 6.35. The molecule has 2 heterocycles. The van der Waals surface area contributed by atoms with E-state index in [0.717, 1.165) is 31.5 Å². The highest BCUT2D eigenvalue weighted by molar-refractivity contribution is 7.89. The number of carbonyl (C=O) groups is 2. The molecule has 9 heteroatoms. The molecule has 2 fully saturated rings. The summed E-state index contributed by atoms with van der Waals surface area (Å²) in [6.07, 6.45) is 3.35. The van der Waals surface area contributed by atoms with Crippen molar-refractivity contribution in [3.8, 4) is 0 Å². The first-order valence-electron chi connectivity index (χ1n) is 10.9. The third kappa shape index (κ3) is 5.27. The van der Waals surface area contributed by atoms with Crippen LogP contribution in [-0.4, -0.2) is 99.1 Å². The molecule has 0 aliphatic carbocycles. The van der Waals surface area contributed by atoms with Crippen molar-refractivity contribution in [3.05, 3.63) is 28.8 Å². The Hall–Kier alpha value is -1.97. The second-order valence-corrected chi connectivity index (χ2v) is 10.8. The molecule has 0 radical (unpaired) electrons. The van der Waals surface area contributed by atoms with Crippen molar-refractivity contribution < 1.29 is 18.0 Å². The second kappa shape index (κ2) is 9.67. The van der Waals surface area contributed by atoms with E-state index in [-0.39, 0.29) is 16.7 Å². The normalized spacial score (nSPS) is 18.5. The summed E-state index contributed by atoms with van der Waals surface area (Å²) in [5.74, 6) is 0.00693. The van der Waals surface area contributed by atoms with Crippen LogP contribution in [0.25, 0.3) is 0 Å². The van der Waals surface area contributed by atoms with Crippen LogP contribution in [0.5, 0.6) is 0 Å². The first kappa shape index (κ1) is 23.7. The van der Waals surface area contributed by atoms with Crippen LogP contribution in [0.3, 0.4) is 0 Å². The number of nitrogens with zero attached hydrogens (tertiary/aromatic N) is 4. The van der Waals surface area contributed by atoms with Gasteiger partial charge >= 0.3 is 0 Å². The van der Waals surface area contributed by atoms with Gasteiger partial charge in [-0.05, 0) is 56.4 Å². The molecule has 0 spiro atoms. The van der Waals surface area contributed by atoms with Gasteiger partial charge in [-0.15, -0.1) is 0 Å². The Morgan fingerprint density at radius 3 is 2.10 bits per heavy atom. The molecule has 0 saturated carbocycles. The molecule has 0 unspecified atom stereocenters. The lowest BCUT2D eigenvalue weighted by molar-refractivity contribution is -0.133. The number of sulfonamides is 1. The zero-order valence-electron chi connectivity index (χ0n) is 19.1. The number of hydrogen-bond donors (Lipinski definition) is 0. The minimum Gasteiger partial charge on any atom is -0.342 e. The molecule has 0 aromatic heterocycles. The van der Waals surface area contributed by atoms with Crippen LogP contribution >= 0.6 is 0 Å². The van der Waals surface area contributed by atoms with Gasteiger partial charge in [0.15, 0.2) is 0 Å². The highest BCUT2D eigenvalue weighted by Gasteiger charge is 2.28. The number of rotatable bonds is 5. The molecule has 1 aromatic rings.